The lowest BCUT2D eigenvalue weighted by Crippen LogP contribution is -2.32. The summed E-state index contributed by atoms with van der Waals surface area (Å²) in [5.41, 5.74) is 0.658. The second kappa shape index (κ2) is 6.44. The quantitative estimate of drug-likeness (QED) is 0.926. The summed E-state index contributed by atoms with van der Waals surface area (Å²) in [5.74, 6) is 0.875. The molecule has 5 heteroatoms. The maximum atomic E-state index is 12.0. The van der Waals surface area contributed by atoms with Crippen molar-refractivity contribution in [2.24, 2.45) is 11.3 Å². The average molecular weight is 309 g/mol. The van der Waals surface area contributed by atoms with E-state index in [2.05, 4.69) is 22.1 Å². The molecule has 0 saturated carbocycles. The molecular formula is C16H27N3OS. The number of hydrogen-bond acceptors (Lipinski definition) is 4. The van der Waals surface area contributed by atoms with Gasteiger partial charge in [0.2, 0.25) is 5.91 Å². The van der Waals surface area contributed by atoms with E-state index in [1.807, 2.05) is 27.7 Å². The molecule has 1 aromatic rings. The number of likely N-dealkylation sites (tertiary alicyclic amines) is 1. The Hall–Kier alpha value is -0.940. The molecule has 0 bridgehead atoms. The lowest BCUT2D eigenvalue weighted by molar-refractivity contribution is -0.123. The second-order valence-corrected chi connectivity index (χ2v) is 8.27. The van der Waals surface area contributed by atoms with Crippen molar-refractivity contribution in [3.05, 3.63) is 10.6 Å². The van der Waals surface area contributed by atoms with E-state index in [-0.39, 0.29) is 11.3 Å². The minimum atomic E-state index is -0.386. The molecule has 0 aliphatic carbocycles. The van der Waals surface area contributed by atoms with Gasteiger partial charge in [-0.1, -0.05) is 27.7 Å². The normalized spacial score (nSPS) is 18.0. The maximum absolute atomic E-state index is 12.0. The molecule has 21 heavy (non-hydrogen) atoms. The third kappa shape index (κ3) is 4.51. The van der Waals surface area contributed by atoms with Crippen LogP contribution in [0, 0.1) is 18.3 Å². The Morgan fingerprint density at radius 2 is 2.00 bits per heavy atom. The standard InChI is InChI=1S/C16H27N3OS/c1-11-6-8-19(9-7-11)10-13-12(2)17-15(21-13)18-14(20)16(3,4)5/h11H,6-10H2,1-5H3,(H,17,18,20). The number of aromatic nitrogens is 1. The molecule has 1 N–H and O–H groups in total. The molecule has 1 saturated heterocycles. The predicted octanol–water partition coefficient (Wildman–Crippen LogP) is 3.67. The fourth-order valence-electron chi connectivity index (χ4n) is 2.34. The van der Waals surface area contributed by atoms with Crippen LogP contribution in [0.5, 0.6) is 0 Å². The first-order valence-corrected chi connectivity index (χ1v) is 8.57. The lowest BCUT2D eigenvalue weighted by atomic mass is 9.96. The maximum Gasteiger partial charge on any atom is 0.231 e. The predicted molar refractivity (Wildman–Crippen MR) is 88.6 cm³/mol. The fraction of sp³-hybridized carbons (Fsp3) is 0.750. The Kier molecular flexibility index (Phi) is 5.04. The van der Waals surface area contributed by atoms with Crippen LogP contribution in [0.15, 0.2) is 0 Å². The molecular weight excluding hydrogens is 282 g/mol. The summed E-state index contributed by atoms with van der Waals surface area (Å²) in [4.78, 5) is 20.3. The van der Waals surface area contributed by atoms with Gasteiger partial charge in [0.15, 0.2) is 5.13 Å². The van der Waals surface area contributed by atoms with Crippen molar-refractivity contribution in [3.63, 3.8) is 0 Å². The van der Waals surface area contributed by atoms with Crippen molar-refractivity contribution in [1.82, 2.24) is 9.88 Å². The Labute approximate surface area is 132 Å². The van der Waals surface area contributed by atoms with Crippen molar-refractivity contribution < 1.29 is 4.79 Å². The Morgan fingerprint density at radius 1 is 1.38 bits per heavy atom. The second-order valence-electron chi connectivity index (χ2n) is 7.19. The first kappa shape index (κ1) is 16.4. The van der Waals surface area contributed by atoms with E-state index in [9.17, 15) is 4.79 Å². The van der Waals surface area contributed by atoms with Gasteiger partial charge in [-0.3, -0.25) is 9.69 Å². The van der Waals surface area contributed by atoms with Crippen LogP contribution in [0.1, 0.15) is 51.1 Å². The number of nitrogens with one attached hydrogen (secondary N) is 1. The molecule has 4 nitrogen and oxygen atoms in total. The molecule has 1 aromatic heterocycles. The van der Waals surface area contributed by atoms with Gasteiger partial charge in [-0.25, -0.2) is 4.98 Å². The SMILES string of the molecule is Cc1nc(NC(=O)C(C)(C)C)sc1CN1CCC(C)CC1. The molecule has 1 fully saturated rings. The topological polar surface area (TPSA) is 45.2 Å². The van der Waals surface area contributed by atoms with Crippen LogP contribution < -0.4 is 5.32 Å². The zero-order chi connectivity index (χ0) is 15.6. The molecule has 1 aliphatic rings. The van der Waals surface area contributed by atoms with Gasteiger partial charge in [-0.05, 0) is 38.8 Å². The zero-order valence-electron chi connectivity index (χ0n) is 13.8. The van der Waals surface area contributed by atoms with E-state index in [0.29, 0.717) is 0 Å². The first-order chi connectivity index (χ1) is 9.75. The van der Waals surface area contributed by atoms with Crippen LogP contribution >= 0.6 is 11.3 Å². The van der Waals surface area contributed by atoms with E-state index in [1.54, 1.807) is 11.3 Å². The van der Waals surface area contributed by atoms with Gasteiger partial charge in [-0.2, -0.15) is 0 Å². The van der Waals surface area contributed by atoms with Gasteiger partial charge in [-0.15, -0.1) is 11.3 Å². The monoisotopic (exact) mass is 309 g/mol. The van der Waals surface area contributed by atoms with Gasteiger partial charge >= 0.3 is 0 Å². The van der Waals surface area contributed by atoms with Gasteiger partial charge in [0.1, 0.15) is 0 Å². The molecule has 0 unspecified atom stereocenters. The number of aryl methyl sites for hydroxylation is 1. The summed E-state index contributed by atoms with van der Waals surface area (Å²) >= 11 is 1.61. The molecule has 2 heterocycles. The van der Waals surface area contributed by atoms with Gasteiger partial charge in [0, 0.05) is 16.8 Å². The highest BCUT2D eigenvalue weighted by Gasteiger charge is 2.23. The molecule has 2 rings (SSSR count). The van der Waals surface area contributed by atoms with Crippen molar-refractivity contribution in [2.75, 3.05) is 18.4 Å². The third-order valence-corrected chi connectivity index (χ3v) is 5.10. The molecule has 0 spiro atoms. The average Bonchev–Trinajstić information content (AvgIpc) is 2.71. The van der Waals surface area contributed by atoms with Crippen LogP contribution in [0.3, 0.4) is 0 Å². The van der Waals surface area contributed by atoms with Crippen molar-refractivity contribution in [2.45, 2.75) is 54.0 Å². The molecule has 0 radical (unpaired) electrons. The Morgan fingerprint density at radius 3 is 2.57 bits per heavy atom. The van der Waals surface area contributed by atoms with E-state index in [1.165, 1.54) is 30.8 Å². The molecule has 0 aromatic carbocycles. The van der Waals surface area contributed by atoms with E-state index >= 15 is 0 Å². The lowest BCUT2D eigenvalue weighted by Gasteiger charge is -2.29. The van der Waals surface area contributed by atoms with Crippen LogP contribution in [-0.4, -0.2) is 28.9 Å². The van der Waals surface area contributed by atoms with Gasteiger partial charge < -0.3 is 5.32 Å². The summed E-state index contributed by atoms with van der Waals surface area (Å²) in [7, 11) is 0. The minimum absolute atomic E-state index is 0.0228. The molecule has 1 aliphatic heterocycles. The van der Waals surface area contributed by atoms with Gasteiger partial charge in [0.05, 0.1) is 5.69 Å². The zero-order valence-corrected chi connectivity index (χ0v) is 14.6. The summed E-state index contributed by atoms with van der Waals surface area (Å²) in [6, 6.07) is 0. The number of amides is 1. The highest BCUT2D eigenvalue weighted by molar-refractivity contribution is 7.15. The summed E-state index contributed by atoms with van der Waals surface area (Å²) < 4.78 is 0. The van der Waals surface area contributed by atoms with Crippen molar-refractivity contribution in [3.8, 4) is 0 Å². The van der Waals surface area contributed by atoms with E-state index < -0.39 is 0 Å². The number of thiazole rings is 1. The number of anilines is 1. The minimum Gasteiger partial charge on any atom is -0.302 e. The van der Waals surface area contributed by atoms with Gasteiger partial charge in [0.25, 0.3) is 0 Å². The van der Waals surface area contributed by atoms with E-state index in [4.69, 9.17) is 0 Å². The third-order valence-electron chi connectivity index (χ3n) is 4.04. The Balaban J connectivity index is 1.97. The summed E-state index contributed by atoms with van der Waals surface area (Å²) in [6.07, 6.45) is 2.57. The highest BCUT2D eigenvalue weighted by Crippen LogP contribution is 2.27. The number of carbonyl (C=O) groups excluding carboxylic acids is 1. The van der Waals surface area contributed by atoms with Crippen LogP contribution in [0.25, 0.3) is 0 Å². The number of rotatable bonds is 3. The number of piperidine rings is 1. The van der Waals surface area contributed by atoms with E-state index in [0.717, 1.165) is 23.3 Å². The van der Waals surface area contributed by atoms with Crippen molar-refractivity contribution >= 4 is 22.4 Å². The van der Waals surface area contributed by atoms with Crippen LogP contribution in [0.4, 0.5) is 5.13 Å². The summed E-state index contributed by atoms with van der Waals surface area (Å²) in [5, 5.41) is 3.67. The number of hydrogen-bond donors (Lipinski definition) is 1. The number of nitrogens with zero attached hydrogens (tertiary/aromatic N) is 2. The highest BCUT2D eigenvalue weighted by atomic mass is 32.1. The number of carbonyl (C=O) groups is 1. The smallest absolute Gasteiger partial charge is 0.231 e. The van der Waals surface area contributed by atoms with Crippen LogP contribution in [0.2, 0.25) is 0 Å². The van der Waals surface area contributed by atoms with Crippen LogP contribution in [-0.2, 0) is 11.3 Å². The molecule has 1 amide bonds. The molecule has 118 valence electrons. The largest absolute Gasteiger partial charge is 0.302 e. The van der Waals surface area contributed by atoms with Crippen molar-refractivity contribution in [1.29, 1.82) is 0 Å². The fourth-order valence-corrected chi connectivity index (χ4v) is 3.34. The summed E-state index contributed by atoms with van der Waals surface area (Å²) in [6.45, 7) is 13.4. The Bertz CT molecular complexity index is 496. The first-order valence-electron chi connectivity index (χ1n) is 7.76. The molecule has 0 atom stereocenters.